The normalized spacial score (nSPS) is 17.5. The van der Waals surface area contributed by atoms with Gasteiger partial charge in [-0.1, -0.05) is 18.2 Å². The van der Waals surface area contributed by atoms with Crippen molar-refractivity contribution in [3.63, 3.8) is 0 Å². The molecule has 1 aliphatic heterocycles. The van der Waals surface area contributed by atoms with Gasteiger partial charge in [0, 0.05) is 36.3 Å². The van der Waals surface area contributed by atoms with E-state index in [0.29, 0.717) is 6.54 Å². The van der Waals surface area contributed by atoms with E-state index in [1.807, 2.05) is 49.0 Å². The number of carbonyl (C=O) groups is 2. The van der Waals surface area contributed by atoms with E-state index in [0.717, 1.165) is 16.5 Å². The number of hydrogen-bond donors (Lipinski definition) is 1. The van der Waals surface area contributed by atoms with Gasteiger partial charge in [-0.15, -0.1) is 0 Å². The number of aromatic nitrogens is 1. The molecular formula is C16H15N3O2S. The van der Waals surface area contributed by atoms with Crippen molar-refractivity contribution in [2.45, 2.75) is 6.92 Å². The summed E-state index contributed by atoms with van der Waals surface area (Å²) in [6, 6.07) is 7.85. The third-order valence-electron chi connectivity index (χ3n) is 3.73. The number of para-hydroxylation sites is 1. The van der Waals surface area contributed by atoms with Gasteiger partial charge in [0.2, 0.25) is 0 Å². The Hall–Kier alpha value is -2.47. The molecule has 1 fully saturated rings. The number of aryl methyl sites for hydroxylation is 1. The van der Waals surface area contributed by atoms with Crippen LogP contribution in [0.1, 0.15) is 12.5 Å². The molecule has 1 aromatic heterocycles. The van der Waals surface area contributed by atoms with Gasteiger partial charge in [0.1, 0.15) is 5.57 Å². The molecule has 0 aliphatic carbocycles. The number of likely N-dealkylation sites (N-methyl/N-ethyl adjacent to an activating group) is 1. The summed E-state index contributed by atoms with van der Waals surface area (Å²) < 4.78 is 1.97. The third kappa shape index (κ3) is 2.21. The van der Waals surface area contributed by atoms with Crippen molar-refractivity contribution >= 4 is 46.1 Å². The largest absolute Gasteiger partial charge is 0.350 e. The lowest BCUT2D eigenvalue weighted by Crippen LogP contribution is -2.53. The van der Waals surface area contributed by atoms with Gasteiger partial charge in [0.05, 0.1) is 0 Å². The minimum Gasteiger partial charge on any atom is -0.350 e. The predicted octanol–water partition coefficient (Wildman–Crippen LogP) is 1.82. The molecule has 6 heteroatoms. The molecule has 3 rings (SSSR count). The number of nitrogens with zero attached hydrogens (tertiary/aromatic N) is 2. The first-order valence-corrected chi connectivity index (χ1v) is 7.36. The molecule has 0 bridgehead atoms. The minimum absolute atomic E-state index is 0.104. The van der Waals surface area contributed by atoms with Crippen molar-refractivity contribution in [1.82, 2.24) is 14.8 Å². The zero-order chi connectivity index (χ0) is 15.9. The molecule has 22 heavy (non-hydrogen) atoms. The van der Waals surface area contributed by atoms with Gasteiger partial charge < -0.3 is 4.57 Å². The van der Waals surface area contributed by atoms with E-state index in [9.17, 15) is 9.59 Å². The summed E-state index contributed by atoms with van der Waals surface area (Å²) in [7, 11) is 1.93. The van der Waals surface area contributed by atoms with Crippen LogP contribution in [0.4, 0.5) is 0 Å². The minimum atomic E-state index is -0.451. The van der Waals surface area contributed by atoms with Crippen LogP contribution in [0.15, 0.2) is 36.0 Å². The Morgan fingerprint density at radius 3 is 2.73 bits per heavy atom. The molecule has 1 N–H and O–H groups in total. The molecule has 0 radical (unpaired) electrons. The van der Waals surface area contributed by atoms with Crippen LogP contribution in [0, 0.1) is 0 Å². The van der Waals surface area contributed by atoms with E-state index in [1.54, 1.807) is 6.08 Å². The van der Waals surface area contributed by atoms with Crippen molar-refractivity contribution < 1.29 is 9.59 Å². The third-order valence-corrected chi connectivity index (χ3v) is 4.05. The highest BCUT2D eigenvalue weighted by molar-refractivity contribution is 7.80. The lowest BCUT2D eigenvalue weighted by molar-refractivity contribution is -0.128. The summed E-state index contributed by atoms with van der Waals surface area (Å²) >= 11 is 5.02. The molecule has 0 saturated carbocycles. The number of amides is 2. The zero-order valence-corrected chi connectivity index (χ0v) is 13.1. The van der Waals surface area contributed by atoms with Gasteiger partial charge in [-0.05, 0) is 31.3 Å². The first kappa shape index (κ1) is 14.5. The maximum atomic E-state index is 12.4. The zero-order valence-electron chi connectivity index (χ0n) is 12.3. The van der Waals surface area contributed by atoms with Gasteiger partial charge in [-0.3, -0.25) is 19.8 Å². The van der Waals surface area contributed by atoms with E-state index < -0.39 is 5.91 Å². The molecule has 0 atom stereocenters. The summed E-state index contributed by atoms with van der Waals surface area (Å²) in [6.45, 7) is 2.24. The van der Waals surface area contributed by atoms with E-state index in [4.69, 9.17) is 12.2 Å². The van der Waals surface area contributed by atoms with Crippen molar-refractivity contribution in [1.29, 1.82) is 0 Å². The van der Waals surface area contributed by atoms with Crippen LogP contribution in [0.25, 0.3) is 17.0 Å². The Morgan fingerprint density at radius 1 is 1.27 bits per heavy atom. The lowest BCUT2D eigenvalue weighted by atomic mass is 10.1. The number of rotatable bonds is 2. The van der Waals surface area contributed by atoms with E-state index in [2.05, 4.69) is 5.32 Å². The number of thiocarbonyl (C=S) groups is 1. The summed E-state index contributed by atoms with van der Waals surface area (Å²) in [5, 5.41) is 3.71. The monoisotopic (exact) mass is 313 g/mol. The van der Waals surface area contributed by atoms with Crippen LogP contribution in [0.5, 0.6) is 0 Å². The summed E-state index contributed by atoms with van der Waals surface area (Å²) in [6.07, 6.45) is 3.53. The highest BCUT2D eigenvalue weighted by atomic mass is 32.1. The van der Waals surface area contributed by atoms with Crippen molar-refractivity contribution in [3.8, 4) is 0 Å². The van der Waals surface area contributed by atoms with Crippen LogP contribution >= 0.6 is 12.2 Å². The quantitative estimate of drug-likeness (QED) is 0.523. The second-order valence-corrected chi connectivity index (χ2v) is 5.47. The summed E-state index contributed by atoms with van der Waals surface area (Å²) in [4.78, 5) is 25.9. The van der Waals surface area contributed by atoms with Crippen LogP contribution in [0.3, 0.4) is 0 Å². The Kier molecular flexibility index (Phi) is 3.54. The first-order valence-electron chi connectivity index (χ1n) is 6.96. The van der Waals surface area contributed by atoms with Crippen LogP contribution in [0.2, 0.25) is 0 Å². The van der Waals surface area contributed by atoms with E-state index in [1.165, 1.54) is 4.90 Å². The highest BCUT2D eigenvalue weighted by Crippen LogP contribution is 2.24. The van der Waals surface area contributed by atoms with Crippen LogP contribution in [-0.4, -0.2) is 32.9 Å². The standard InChI is InChI=1S/C16H15N3O2S/c1-3-19-15(21)12(14(20)17-16(19)22)8-10-9-18(2)13-7-5-4-6-11(10)13/h4-9H,3H2,1-2H3,(H,17,20,22)/b12-8-. The van der Waals surface area contributed by atoms with E-state index in [-0.39, 0.29) is 16.6 Å². The lowest BCUT2D eigenvalue weighted by Gasteiger charge is -2.27. The second kappa shape index (κ2) is 5.38. The van der Waals surface area contributed by atoms with Crippen molar-refractivity contribution in [2.24, 2.45) is 7.05 Å². The average molecular weight is 313 g/mol. The van der Waals surface area contributed by atoms with Gasteiger partial charge in [-0.2, -0.15) is 0 Å². The fourth-order valence-corrected chi connectivity index (χ4v) is 2.93. The fourth-order valence-electron chi connectivity index (χ4n) is 2.62. The molecule has 5 nitrogen and oxygen atoms in total. The second-order valence-electron chi connectivity index (χ2n) is 5.08. The summed E-state index contributed by atoms with van der Waals surface area (Å²) in [5.41, 5.74) is 1.98. The molecule has 2 amide bonds. The molecule has 1 aromatic carbocycles. The van der Waals surface area contributed by atoms with Crippen LogP contribution < -0.4 is 5.32 Å². The number of carbonyl (C=O) groups excluding carboxylic acids is 2. The number of fused-ring (bicyclic) bond motifs is 1. The number of hydrogen-bond acceptors (Lipinski definition) is 3. The average Bonchev–Trinajstić information content (AvgIpc) is 2.81. The van der Waals surface area contributed by atoms with Gasteiger partial charge in [-0.25, -0.2) is 0 Å². The van der Waals surface area contributed by atoms with E-state index >= 15 is 0 Å². The fraction of sp³-hybridized carbons (Fsp3) is 0.188. The van der Waals surface area contributed by atoms with Gasteiger partial charge in [0.25, 0.3) is 11.8 Å². The number of benzene rings is 1. The molecule has 2 aromatic rings. The molecule has 1 aliphatic rings. The van der Waals surface area contributed by atoms with Gasteiger partial charge >= 0.3 is 0 Å². The molecule has 0 spiro atoms. The Bertz CT molecular complexity index is 835. The van der Waals surface area contributed by atoms with Crippen LogP contribution in [-0.2, 0) is 16.6 Å². The maximum absolute atomic E-state index is 12.4. The SMILES string of the molecule is CCN1C(=O)/C(=C\c2cn(C)c3ccccc23)C(=O)NC1=S. The Balaban J connectivity index is 2.11. The summed E-state index contributed by atoms with van der Waals surface area (Å²) in [5.74, 6) is -0.809. The molecule has 112 valence electrons. The van der Waals surface area contributed by atoms with Crippen molar-refractivity contribution in [2.75, 3.05) is 6.54 Å². The molecular weight excluding hydrogens is 298 g/mol. The van der Waals surface area contributed by atoms with Crippen molar-refractivity contribution in [3.05, 3.63) is 41.6 Å². The smallest absolute Gasteiger partial charge is 0.265 e. The maximum Gasteiger partial charge on any atom is 0.265 e. The Labute approximate surface area is 133 Å². The Morgan fingerprint density at radius 2 is 2.00 bits per heavy atom. The highest BCUT2D eigenvalue weighted by Gasteiger charge is 2.32. The topological polar surface area (TPSA) is 54.3 Å². The first-order chi connectivity index (χ1) is 10.5. The molecule has 2 heterocycles. The molecule has 0 unspecified atom stereocenters. The predicted molar refractivity (Wildman–Crippen MR) is 89.0 cm³/mol. The molecule has 1 saturated heterocycles. The van der Waals surface area contributed by atoms with Gasteiger partial charge in [0.15, 0.2) is 5.11 Å². The number of nitrogens with one attached hydrogen (secondary N) is 1.